The number of carbonyl (C=O) groups is 5. The molecule has 0 saturated heterocycles. The van der Waals surface area contributed by atoms with Crippen molar-refractivity contribution in [2.45, 2.75) is 31.8 Å². The number of methoxy groups -OCH3 is 4. The van der Waals surface area contributed by atoms with Crippen LogP contribution in [0, 0.1) is 0 Å². The van der Waals surface area contributed by atoms with E-state index in [0.717, 1.165) is 0 Å². The van der Waals surface area contributed by atoms with E-state index in [1.54, 1.807) is 0 Å². The Morgan fingerprint density at radius 1 is 0.731 bits per heavy atom. The van der Waals surface area contributed by atoms with Gasteiger partial charge < -0.3 is 25.5 Å². The van der Waals surface area contributed by atoms with E-state index in [2.05, 4.69) is 18.9 Å². The molecule has 0 unspecified atom stereocenters. The smallest absolute Gasteiger partial charge is 1.00 e. The van der Waals surface area contributed by atoms with Gasteiger partial charge in [0, 0.05) is 8.41 Å². The fourth-order valence-electron chi connectivity index (χ4n) is 1.15. The van der Waals surface area contributed by atoms with Gasteiger partial charge in [0.15, 0.2) is 5.78 Å². The number of hydrogen-bond donors (Lipinski definition) is 1. The molecule has 0 saturated carbocycles. The number of carbonyl (C=O) groups excluding carboxylic acids is 5. The number of Topliss-reactive ketones (excluding diaryl/α,β-unsaturated/α-hetero) is 1. The SMILES string of the molecule is COC(=O)CC(=O)CC(=O)OC.COC(=O)CC(O)CC(=O)OC.[B].[H-].[Na+]. The van der Waals surface area contributed by atoms with Crippen LogP contribution in [0.5, 0.6) is 0 Å². The van der Waals surface area contributed by atoms with Gasteiger partial charge in [-0.15, -0.1) is 0 Å². The fraction of sp³-hybridized carbons (Fsp3) is 0.643. The van der Waals surface area contributed by atoms with E-state index in [-0.39, 0.29) is 65.1 Å². The molecule has 0 bridgehead atoms. The summed E-state index contributed by atoms with van der Waals surface area (Å²) in [6.07, 6.45) is -2.17. The first-order chi connectivity index (χ1) is 11.2. The zero-order valence-corrected chi connectivity index (χ0v) is 17.6. The third-order valence-electron chi connectivity index (χ3n) is 2.40. The Morgan fingerprint density at radius 3 is 1.23 bits per heavy atom. The summed E-state index contributed by atoms with van der Waals surface area (Å²) in [4.78, 5) is 52.9. The molecule has 0 aromatic heterocycles. The summed E-state index contributed by atoms with van der Waals surface area (Å²) in [6, 6.07) is 0. The van der Waals surface area contributed by atoms with Crippen LogP contribution in [0.1, 0.15) is 27.1 Å². The van der Waals surface area contributed by atoms with Crippen molar-refractivity contribution < 1.29 is 79.0 Å². The van der Waals surface area contributed by atoms with Gasteiger partial charge in [-0.3, -0.25) is 24.0 Å². The summed E-state index contributed by atoms with van der Waals surface area (Å²) in [7, 11) is 4.78. The largest absolute Gasteiger partial charge is 1.00 e. The number of esters is 4. The van der Waals surface area contributed by atoms with Crippen molar-refractivity contribution in [3.63, 3.8) is 0 Å². The van der Waals surface area contributed by atoms with Gasteiger partial charge >= 0.3 is 53.4 Å². The molecular formula is C14H23BNaO10. The first kappa shape index (κ1) is 32.3. The standard InChI is InChI=1S/C7H12O5.C7H10O5.B.Na.H/c2*1-11-6(9)3-5(8)4-7(10)12-2;;;/h5,8H,3-4H2,1-2H3;3-4H2,1-2H3;;;/q;;;+1;-1. The third-order valence-corrected chi connectivity index (χ3v) is 2.40. The van der Waals surface area contributed by atoms with Crippen LogP contribution in [0.15, 0.2) is 0 Å². The van der Waals surface area contributed by atoms with Crippen LogP contribution in [0.25, 0.3) is 0 Å². The molecule has 1 N–H and O–H groups in total. The minimum Gasteiger partial charge on any atom is -1.00 e. The molecule has 10 nitrogen and oxygen atoms in total. The Kier molecular flexibility index (Phi) is 24.7. The number of aliphatic hydroxyl groups is 1. The number of rotatable bonds is 8. The second-order valence-corrected chi connectivity index (χ2v) is 4.26. The second-order valence-electron chi connectivity index (χ2n) is 4.26. The minimum atomic E-state index is -1.02. The van der Waals surface area contributed by atoms with Gasteiger partial charge in [0.25, 0.3) is 0 Å². The normalized spacial score (nSPS) is 8.54. The predicted molar refractivity (Wildman–Crippen MR) is 84.4 cm³/mol. The van der Waals surface area contributed by atoms with E-state index in [0.29, 0.717) is 0 Å². The van der Waals surface area contributed by atoms with Crippen LogP contribution in [0.2, 0.25) is 0 Å². The van der Waals surface area contributed by atoms with Crippen molar-refractivity contribution in [2.24, 2.45) is 0 Å². The molecule has 0 rings (SSSR count). The molecule has 0 aliphatic carbocycles. The fourth-order valence-corrected chi connectivity index (χ4v) is 1.15. The zero-order valence-electron chi connectivity index (χ0n) is 16.6. The van der Waals surface area contributed by atoms with Gasteiger partial charge in [-0.05, 0) is 0 Å². The van der Waals surface area contributed by atoms with E-state index < -0.39 is 35.8 Å². The van der Waals surface area contributed by atoms with Crippen molar-refractivity contribution >= 4 is 38.1 Å². The molecular weight excluding hydrogens is 362 g/mol. The molecule has 0 atom stereocenters. The molecule has 0 aromatic carbocycles. The Balaban J connectivity index is -0.000000108. The van der Waals surface area contributed by atoms with E-state index in [4.69, 9.17) is 5.11 Å². The maximum atomic E-state index is 10.8. The Morgan fingerprint density at radius 2 is 1.00 bits per heavy atom. The van der Waals surface area contributed by atoms with Crippen molar-refractivity contribution in [3.8, 4) is 0 Å². The molecule has 0 aliphatic rings. The molecule has 0 spiro atoms. The van der Waals surface area contributed by atoms with Crippen LogP contribution in [0.3, 0.4) is 0 Å². The van der Waals surface area contributed by atoms with Gasteiger partial charge in [-0.2, -0.15) is 0 Å². The van der Waals surface area contributed by atoms with E-state index in [1.807, 2.05) is 0 Å². The monoisotopic (exact) mass is 385 g/mol. The predicted octanol–water partition coefficient (Wildman–Crippen LogP) is -4.11. The molecule has 0 amide bonds. The quantitative estimate of drug-likeness (QED) is 0.190. The van der Waals surface area contributed by atoms with Crippen LogP contribution < -0.4 is 29.6 Å². The van der Waals surface area contributed by atoms with Gasteiger partial charge in [-0.25, -0.2) is 0 Å². The molecule has 0 aromatic rings. The van der Waals surface area contributed by atoms with Crippen LogP contribution in [-0.4, -0.2) is 77.7 Å². The van der Waals surface area contributed by atoms with Crippen molar-refractivity contribution in [1.29, 1.82) is 0 Å². The number of aliphatic hydroxyl groups excluding tert-OH is 1. The van der Waals surface area contributed by atoms with E-state index >= 15 is 0 Å². The van der Waals surface area contributed by atoms with E-state index in [9.17, 15) is 24.0 Å². The third kappa shape index (κ3) is 20.6. The van der Waals surface area contributed by atoms with Gasteiger partial charge in [0.2, 0.25) is 0 Å². The number of ether oxygens (including phenoxy) is 4. The molecule has 0 fully saturated rings. The molecule has 0 heterocycles. The molecule has 3 radical (unpaired) electrons. The summed E-state index contributed by atoms with van der Waals surface area (Å²) in [5.41, 5.74) is 0. The van der Waals surface area contributed by atoms with Gasteiger partial charge in [-0.1, -0.05) is 0 Å². The second kappa shape index (κ2) is 19.9. The van der Waals surface area contributed by atoms with Crippen LogP contribution in [-0.2, 0) is 42.9 Å². The Labute approximate surface area is 177 Å². The summed E-state index contributed by atoms with van der Waals surface area (Å²) >= 11 is 0. The summed E-state index contributed by atoms with van der Waals surface area (Å²) < 4.78 is 17.0. The van der Waals surface area contributed by atoms with Crippen LogP contribution in [0.4, 0.5) is 0 Å². The average molecular weight is 385 g/mol. The first-order valence-electron chi connectivity index (χ1n) is 6.67. The van der Waals surface area contributed by atoms with Crippen LogP contribution >= 0.6 is 0 Å². The van der Waals surface area contributed by atoms with E-state index in [1.165, 1.54) is 28.4 Å². The zero-order chi connectivity index (χ0) is 19.1. The number of hydrogen-bond acceptors (Lipinski definition) is 10. The van der Waals surface area contributed by atoms with Gasteiger partial charge in [0.1, 0.15) is 12.8 Å². The number of ketones is 1. The van der Waals surface area contributed by atoms with Crippen molar-refractivity contribution in [3.05, 3.63) is 0 Å². The van der Waals surface area contributed by atoms with Crippen molar-refractivity contribution in [2.75, 3.05) is 28.4 Å². The van der Waals surface area contributed by atoms with Gasteiger partial charge in [0.05, 0.1) is 47.4 Å². The Bertz CT molecular complexity index is 423. The maximum Gasteiger partial charge on any atom is 1.00 e. The maximum absolute atomic E-state index is 10.8. The first-order valence-corrected chi connectivity index (χ1v) is 6.67. The van der Waals surface area contributed by atoms with Crippen molar-refractivity contribution in [1.82, 2.24) is 0 Å². The topological polar surface area (TPSA) is 142 Å². The summed E-state index contributed by atoms with van der Waals surface area (Å²) in [6.45, 7) is 0. The molecule has 143 valence electrons. The summed E-state index contributed by atoms with van der Waals surface area (Å²) in [5.74, 6) is -2.90. The Hall–Kier alpha value is -1.43. The molecule has 0 aliphatic heterocycles. The minimum absolute atomic E-state index is 0. The summed E-state index contributed by atoms with van der Waals surface area (Å²) in [5, 5.41) is 9.05. The average Bonchev–Trinajstić information content (AvgIpc) is 2.54. The molecule has 26 heavy (non-hydrogen) atoms. The molecule has 12 heteroatoms.